The highest BCUT2D eigenvalue weighted by Gasteiger charge is 2.19. The molecule has 0 radical (unpaired) electrons. The topological polar surface area (TPSA) is 90.9 Å². The Morgan fingerprint density at radius 1 is 1.07 bits per heavy atom. The number of anilines is 2. The first-order valence-electron chi connectivity index (χ1n) is 8.88. The number of nitrogen functional groups attached to an aromatic ring is 1. The maximum atomic E-state index is 13.8. The van der Waals surface area contributed by atoms with Crippen LogP contribution in [0.3, 0.4) is 0 Å². The molecule has 0 unspecified atom stereocenters. The smallest absolute Gasteiger partial charge is 0.225 e. The van der Waals surface area contributed by atoms with Gasteiger partial charge in [-0.1, -0.05) is 18.2 Å². The van der Waals surface area contributed by atoms with Crippen LogP contribution in [0.4, 0.5) is 20.5 Å². The number of fused-ring (bicyclic) bond motifs is 1. The minimum Gasteiger partial charge on any atom is -0.383 e. The van der Waals surface area contributed by atoms with Gasteiger partial charge in [-0.2, -0.15) is 4.98 Å². The first-order valence-corrected chi connectivity index (χ1v) is 8.88. The van der Waals surface area contributed by atoms with Crippen molar-refractivity contribution in [1.82, 2.24) is 19.7 Å². The number of nitrogens with zero attached hydrogens (tertiary/aromatic N) is 4. The molecule has 148 valence electrons. The number of aromatic nitrogens is 4. The summed E-state index contributed by atoms with van der Waals surface area (Å²) in [6.45, 7) is 0.932. The first-order chi connectivity index (χ1) is 14.1. The van der Waals surface area contributed by atoms with Crippen LogP contribution >= 0.6 is 0 Å². The van der Waals surface area contributed by atoms with Gasteiger partial charge in [0.05, 0.1) is 23.4 Å². The Hall–Kier alpha value is -3.59. The zero-order valence-electron chi connectivity index (χ0n) is 15.6. The molecule has 0 saturated carbocycles. The molecule has 2 aromatic heterocycles. The summed E-state index contributed by atoms with van der Waals surface area (Å²) in [6, 6.07) is 11.9. The van der Waals surface area contributed by atoms with Crippen LogP contribution in [0.2, 0.25) is 0 Å². The second kappa shape index (κ2) is 7.80. The Morgan fingerprint density at radius 3 is 2.55 bits per heavy atom. The largest absolute Gasteiger partial charge is 0.383 e. The summed E-state index contributed by atoms with van der Waals surface area (Å²) in [6.07, 6.45) is 0. The van der Waals surface area contributed by atoms with Gasteiger partial charge in [0.1, 0.15) is 17.5 Å². The average Bonchev–Trinajstić information content (AvgIpc) is 3.04. The minimum atomic E-state index is -0.417. The predicted octanol–water partition coefficient (Wildman–Crippen LogP) is 3.40. The van der Waals surface area contributed by atoms with Gasteiger partial charge in [-0.25, -0.2) is 18.4 Å². The lowest BCUT2D eigenvalue weighted by molar-refractivity contribution is 0.210. The molecular weight excluding hydrogens is 378 g/mol. The standard InChI is InChI=1S/C20H18F2N6O/c1-29-9-8-24-20-25-17(12-4-2-5-13(21)10-12)16-18(23)28(27-19(16)26-20)15-7-3-6-14(22)11-15/h2-7,10-11H,8-9,23H2,1H3,(H,24,26,27). The zero-order chi connectivity index (χ0) is 20.4. The molecule has 0 aliphatic carbocycles. The van der Waals surface area contributed by atoms with E-state index < -0.39 is 11.6 Å². The molecule has 29 heavy (non-hydrogen) atoms. The van der Waals surface area contributed by atoms with Crippen molar-refractivity contribution in [3.63, 3.8) is 0 Å². The van der Waals surface area contributed by atoms with Crippen molar-refractivity contribution in [3.05, 3.63) is 60.2 Å². The van der Waals surface area contributed by atoms with Gasteiger partial charge in [0.15, 0.2) is 5.65 Å². The second-order valence-electron chi connectivity index (χ2n) is 6.30. The summed E-state index contributed by atoms with van der Waals surface area (Å²) >= 11 is 0. The molecular formula is C20H18F2N6O. The number of hydrogen-bond acceptors (Lipinski definition) is 6. The first kappa shape index (κ1) is 18.8. The van der Waals surface area contributed by atoms with E-state index in [2.05, 4.69) is 20.4 Å². The second-order valence-corrected chi connectivity index (χ2v) is 6.30. The highest BCUT2D eigenvalue weighted by Crippen LogP contribution is 2.33. The van der Waals surface area contributed by atoms with Crippen LogP contribution < -0.4 is 11.1 Å². The van der Waals surface area contributed by atoms with Crippen LogP contribution in [0.15, 0.2) is 48.5 Å². The number of hydrogen-bond donors (Lipinski definition) is 2. The van der Waals surface area contributed by atoms with E-state index in [4.69, 9.17) is 10.5 Å². The van der Waals surface area contributed by atoms with E-state index in [1.807, 2.05) is 0 Å². The van der Waals surface area contributed by atoms with Gasteiger partial charge in [-0.15, -0.1) is 5.10 Å². The number of nitrogens with two attached hydrogens (primary N) is 1. The molecule has 0 aliphatic heterocycles. The van der Waals surface area contributed by atoms with Crippen LogP contribution in [-0.2, 0) is 4.74 Å². The summed E-state index contributed by atoms with van der Waals surface area (Å²) in [5.41, 5.74) is 8.03. The fourth-order valence-electron chi connectivity index (χ4n) is 3.00. The summed E-state index contributed by atoms with van der Waals surface area (Å²) in [7, 11) is 1.59. The monoisotopic (exact) mass is 396 g/mol. The van der Waals surface area contributed by atoms with Gasteiger partial charge >= 0.3 is 0 Å². The molecule has 2 heterocycles. The third-order valence-electron chi connectivity index (χ3n) is 4.31. The molecule has 4 rings (SSSR count). The minimum absolute atomic E-state index is 0.230. The molecule has 0 aliphatic rings. The maximum absolute atomic E-state index is 13.8. The fraction of sp³-hybridized carbons (Fsp3) is 0.150. The molecule has 0 saturated heterocycles. The molecule has 2 aromatic carbocycles. The Morgan fingerprint density at radius 2 is 1.83 bits per heavy atom. The summed E-state index contributed by atoms with van der Waals surface area (Å²) in [5, 5.41) is 7.93. The lowest BCUT2D eigenvalue weighted by atomic mass is 10.1. The maximum Gasteiger partial charge on any atom is 0.225 e. The number of rotatable bonds is 6. The van der Waals surface area contributed by atoms with E-state index in [0.29, 0.717) is 47.1 Å². The third-order valence-corrected chi connectivity index (χ3v) is 4.31. The van der Waals surface area contributed by atoms with Gasteiger partial charge in [-0.3, -0.25) is 0 Å². The van der Waals surface area contributed by atoms with Crippen LogP contribution in [0.25, 0.3) is 28.0 Å². The van der Waals surface area contributed by atoms with Crippen molar-refractivity contribution in [1.29, 1.82) is 0 Å². The summed E-state index contributed by atoms with van der Waals surface area (Å²) in [5.74, 6) is -0.287. The molecule has 4 aromatic rings. The Labute approximate surface area is 165 Å². The van der Waals surface area contributed by atoms with E-state index in [0.717, 1.165) is 0 Å². The van der Waals surface area contributed by atoms with Gasteiger partial charge in [-0.05, 0) is 30.3 Å². The van der Waals surface area contributed by atoms with E-state index in [1.165, 1.54) is 28.9 Å². The van der Waals surface area contributed by atoms with Gasteiger partial charge in [0.2, 0.25) is 5.95 Å². The third kappa shape index (κ3) is 3.72. The van der Waals surface area contributed by atoms with E-state index in [1.54, 1.807) is 31.4 Å². The van der Waals surface area contributed by atoms with Crippen molar-refractivity contribution in [3.8, 4) is 16.9 Å². The van der Waals surface area contributed by atoms with Crippen LogP contribution in [-0.4, -0.2) is 40.0 Å². The number of methoxy groups -OCH3 is 1. The van der Waals surface area contributed by atoms with Crippen molar-refractivity contribution in [2.75, 3.05) is 31.3 Å². The lowest BCUT2D eigenvalue weighted by Crippen LogP contribution is -2.10. The number of benzene rings is 2. The van der Waals surface area contributed by atoms with Gasteiger partial charge in [0, 0.05) is 19.2 Å². The molecule has 0 atom stereocenters. The van der Waals surface area contributed by atoms with Crippen molar-refractivity contribution in [2.24, 2.45) is 0 Å². The van der Waals surface area contributed by atoms with Crippen molar-refractivity contribution in [2.45, 2.75) is 0 Å². The van der Waals surface area contributed by atoms with Crippen LogP contribution in [0.1, 0.15) is 0 Å². The van der Waals surface area contributed by atoms with Crippen LogP contribution in [0, 0.1) is 11.6 Å². The quantitative estimate of drug-likeness (QED) is 0.486. The zero-order valence-corrected chi connectivity index (χ0v) is 15.6. The highest BCUT2D eigenvalue weighted by molar-refractivity contribution is 5.99. The number of halogens is 2. The number of ether oxygens (including phenoxy) is 1. The highest BCUT2D eigenvalue weighted by atomic mass is 19.1. The summed E-state index contributed by atoms with van der Waals surface area (Å²) < 4.78 is 34.0. The Kier molecular flexibility index (Phi) is 5.05. The fourth-order valence-corrected chi connectivity index (χ4v) is 3.00. The van der Waals surface area contributed by atoms with Gasteiger partial charge in [0.25, 0.3) is 0 Å². The van der Waals surface area contributed by atoms with Crippen molar-refractivity contribution >= 4 is 22.8 Å². The molecule has 3 N–H and O–H groups in total. The van der Waals surface area contributed by atoms with E-state index >= 15 is 0 Å². The predicted molar refractivity (Wildman–Crippen MR) is 107 cm³/mol. The van der Waals surface area contributed by atoms with Crippen LogP contribution in [0.5, 0.6) is 0 Å². The van der Waals surface area contributed by atoms with Crippen molar-refractivity contribution < 1.29 is 13.5 Å². The molecule has 0 bridgehead atoms. The van der Waals surface area contributed by atoms with Gasteiger partial charge < -0.3 is 15.8 Å². The molecule has 0 fully saturated rings. The normalized spacial score (nSPS) is 11.1. The molecule has 7 nitrogen and oxygen atoms in total. The summed E-state index contributed by atoms with van der Waals surface area (Å²) in [4.78, 5) is 8.93. The molecule has 0 spiro atoms. The number of nitrogens with one attached hydrogen (secondary N) is 1. The SMILES string of the molecule is COCCNc1nc(-c2cccc(F)c2)c2c(N)n(-c3cccc(F)c3)nc2n1. The van der Waals surface area contributed by atoms with E-state index in [-0.39, 0.29) is 5.82 Å². The Bertz CT molecular complexity index is 1180. The lowest BCUT2D eigenvalue weighted by Gasteiger charge is -2.08. The average molecular weight is 396 g/mol. The molecule has 9 heteroatoms. The van der Waals surface area contributed by atoms with E-state index in [9.17, 15) is 8.78 Å². The molecule has 0 amide bonds. The Balaban J connectivity index is 1.92.